The van der Waals surface area contributed by atoms with Crippen LogP contribution in [-0.2, 0) is 4.79 Å². The third-order valence-corrected chi connectivity index (χ3v) is 2.88. The van der Waals surface area contributed by atoms with E-state index < -0.39 is 6.03 Å². The molecule has 1 fully saturated rings. The normalized spacial score (nSPS) is 19.2. The van der Waals surface area contributed by atoms with Crippen LogP contribution in [0.25, 0.3) is 0 Å². The van der Waals surface area contributed by atoms with E-state index in [1.165, 1.54) is 0 Å². The van der Waals surface area contributed by atoms with E-state index in [9.17, 15) is 9.59 Å². The summed E-state index contributed by atoms with van der Waals surface area (Å²) in [6.45, 7) is 7.76. The highest BCUT2D eigenvalue weighted by Gasteiger charge is 2.22. The van der Waals surface area contributed by atoms with Crippen molar-refractivity contribution in [3.8, 4) is 0 Å². The molecular formula is C11H22N4O2. The predicted octanol–water partition coefficient (Wildman–Crippen LogP) is -0.484. The third kappa shape index (κ3) is 4.70. The van der Waals surface area contributed by atoms with E-state index in [0.29, 0.717) is 6.54 Å². The zero-order valence-corrected chi connectivity index (χ0v) is 10.6. The Labute approximate surface area is 102 Å². The fraction of sp³-hybridized carbons (Fsp3) is 0.818. The lowest BCUT2D eigenvalue weighted by Crippen LogP contribution is -2.50. The summed E-state index contributed by atoms with van der Waals surface area (Å²) in [5.74, 6) is -0.238. The summed E-state index contributed by atoms with van der Waals surface area (Å²) in [7, 11) is 0. The van der Waals surface area contributed by atoms with Gasteiger partial charge in [0.15, 0.2) is 0 Å². The minimum absolute atomic E-state index is 0.238. The van der Waals surface area contributed by atoms with Crippen LogP contribution in [0.3, 0.4) is 0 Å². The highest BCUT2D eigenvalue weighted by molar-refractivity contribution is 5.96. The van der Waals surface area contributed by atoms with Crippen molar-refractivity contribution in [2.45, 2.75) is 26.3 Å². The van der Waals surface area contributed by atoms with E-state index >= 15 is 0 Å². The number of hydrogen-bond acceptors (Lipinski definition) is 4. The standard InChI is InChI=1S/C11H22N4O2/c1-3-13-11(17)14-10(16)9(2)15-7-4-5-12-6-8-15/h9,12H,3-8H2,1-2H3,(H2,13,14,16,17). The summed E-state index contributed by atoms with van der Waals surface area (Å²) in [5, 5.41) is 8.17. The van der Waals surface area contributed by atoms with Crippen LogP contribution in [0, 0.1) is 0 Å². The minimum Gasteiger partial charge on any atom is -0.338 e. The minimum atomic E-state index is -0.419. The van der Waals surface area contributed by atoms with Gasteiger partial charge < -0.3 is 10.6 Å². The first-order valence-corrected chi connectivity index (χ1v) is 6.18. The topological polar surface area (TPSA) is 73.5 Å². The molecule has 1 aliphatic heterocycles. The monoisotopic (exact) mass is 242 g/mol. The van der Waals surface area contributed by atoms with Crippen molar-refractivity contribution >= 4 is 11.9 Å². The van der Waals surface area contributed by atoms with E-state index in [0.717, 1.165) is 32.6 Å². The summed E-state index contributed by atoms with van der Waals surface area (Å²) in [6.07, 6.45) is 1.03. The molecule has 0 spiro atoms. The van der Waals surface area contributed by atoms with Crippen molar-refractivity contribution < 1.29 is 9.59 Å². The molecule has 98 valence electrons. The van der Waals surface area contributed by atoms with Crippen LogP contribution in [0.2, 0.25) is 0 Å². The van der Waals surface area contributed by atoms with Gasteiger partial charge in [-0.1, -0.05) is 0 Å². The molecule has 1 heterocycles. The molecule has 0 radical (unpaired) electrons. The lowest BCUT2D eigenvalue weighted by atomic mass is 10.2. The van der Waals surface area contributed by atoms with Crippen LogP contribution in [0.15, 0.2) is 0 Å². The van der Waals surface area contributed by atoms with Crippen LogP contribution in [0.5, 0.6) is 0 Å². The molecule has 0 aliphatic carbocycles. The highest BCUT2D eigenvalue weighted by Crippen LogP contribution is 2.02. The van der Waals surface area contributed by atoms with Crippen LogP contribution in [-0.4, -0.2) is 55.6 Å². The molecule has 0 bridgehead atoms. The van der Waals surface area contributed by atoms with Crippen molar-refractivity contribution in [3.63, 3.8) is 0 Å². The van der Waals surface area contributed by atoms with Crippen LogP contribution in [0.1, 0.15) is 20.3 Å². The van der Waals surface area contributed by atoms with E-state index in [1.54, 1.807) is 0 Å². The third-order valence-electron chi connectivity index (χ3n) is 2.88. The highest BCUT2D eigenvalue weighted by atomic mass is 16.2. The van der Waals surface area contributed by atoms with Crippen LogP contribution < -0.4 is 16.0 Å². The number of urea groups is 1. The Balaban J connectivity index is 2.41. The largest absolute Gasteiger partial charge is 0.338 e. The molecule has 3 N–H and O–H groups in total. The van der Waals surface area contributed by atoms with Gasteiger partial charge in [-0.25, -0.2) is 4.79 Å². The maximum atomic E-state index is 11.8. The maximum Gasteiger partial charge on any atom is 0.321 e. The first kappa shape index (κ1) is 13.9. The van der Waals surface area contributed by atoms with Gasteiger partial charge in [-0.15, -0.1) is 0 Å². The smallest absolute Gasteiger partial charge is 0.321 e. The Kier molecular flexibility index (Phi) is 5.93. The van der Waals surface area contributed by atoms with Gasteiger partial charge in [0.25, 0.3) is 0 Å². The first-order chi connectivity index (χ1) is 8.15. The van der Waals surface area contributed by atoms with E-state index in [-0.39, 0.29) is 11.9 Å². The Morgan fingerprint density at radius 2 is 2.12 bits per heavy atom. The van der Waals surface area contributed by atoms with Gasteiger partial charge in [-0.2, -0.15) is 0 Å². The molecule has 1 saturated heterocycles. The van der Waals surface area contributed by atoms with Gasteiger partial charge in [0.2, 0.25) is 5.91 Å². The molecule has 6 heteroatoms. The molecular weight excluding hydrogens is 220 g/mol. The fourth-order valence-corrected chi connectivity index (χ4v) is 1.84. The molecule has 1 rings (SSSR count). The van der Waals surface area contributed by atoms with Gasteiger partial charge in [-0.05, 0) is 26.8 Å². The van der Waals surface area contributed by atoms with E-state index in [1.807, 2.05) is 13.8 Å². The number of carbonyl (C=O) groups excluding carboxylic acids is 2. The van der Waals surface area contributed by atoms with E-state index in [4.69, 9.17) is 0 Å². The number of amides is 3. The van der Waals surface area contributed by atoms with Crippen molar-refractivity contribution in [2.75, 3.05) is 32.7 Å². The maximum absolute atomic E-state index is 11.8. The van der Waals surface area contributed by atoms with Gasteiger partial charge in [0.1, 0.15) is 0 Å². The summed E-state index contributed by atoms with van der Waals surface area (Å²) in [5.41, 5.74) is 0. The molecule has 0 aromatic carbocycles. The molecule has 1 aliphatic rings. The lowest BCUT2D eigenvalue weighted by Gasteiger charge is -2.25. The number of carbonyl (C=O) groups is 2. The Morgan fingerprint density at radius 1 is 1.35 bits per heavy atom. The van der Waals surface area contributed by atoms with Crippen LogP contribution in [0.4, 0.5) is 4.79 Å². The van der Waals surface area contributed by atoms with Gasteiger partial charge in [-0.3, -0.25) is 15.0 Å². The van der Waals surface area contributed by atoms with E-state index in [2.05, 4.69) is 20.9 Å². The zero-order valence-electron chi connectivity index (χ0n) is 10.6. The predicted molar refractivity (Wildman–Crippen MR) is 65.7 cm³/mol. The van der Waals surface area contributed by atoms with Gasteiger partial charge >= 0.3 is 6.03 Å². The van der Waals surface area contributed by atoms with Crippen LogP contribution >= 0.6 is 0 Å². The Hall–Kier alpha value is -1.14. The van der Waals surface area contributed by atoms with Crippen molar-refractivity contribution in [2.24, 2.45) is 0 Å². The number of nitrogens with zero attached hydrogens (tertiary/aromatic N) is 1. The lowest BCUT2D eigenvalue weighted by molar-refractivity contribution is -0.124. The number of hydrogen-bond donors (Lipinski definition) is 3. The molecule has 0 aromatic rings. The molecule has 1 unspecified atom stereocenters. The summed E-state index contributed by atoms with van der Waals surface area (Å²) >= 11 is 0. The number of imide groups is 1. The van der Waals surface area contributed by atoms with Gasteiger partial charge in [0, 0.05) is 26.2 Å². The summed E-state index contributed by atoms with van der Waals surface area (Å²) in [6, 6.07) is -0.685. The molecule has 3 amide bonds. The first-order valence-electron chi connectivity index (χ1n) is 6.18. The molecule has 1 atom stereocenters. The summed E-state index contributed by atoms with van der Waals surface area (Å²) in [4.78, 5) is 25.1. The second-order valence-electron chi connectivity index (χ2n) is 4.16. The SMILES string of the molecule is CCNC(=O)NC(=O)C(C)N1CCCNCC1. The average molecular weight is 242 g/mol. The Morgan fingerprint density at radius 3 is 2.82 bits per heavy atom. The fourth-order valence-electron chi connectivity index (χ4n) is 1.84. The van der Waals surface area contributed by atoms with Gasteiger partial charge in [0.05, 0.1) is 6.04 Å². The molecule has 17 heavy (non-hydrogen) atoms. The number of rotatable bonds is 3. The zero-order chi connectivity index (χ0) is 12.7. The molecule has 6 nitrogen and oxygen atoms in total. The quantitative estimate of drug-likeness (QED) is 0.625. The second-order valence-corrected chi connectivity index (χ2v) is 4.16. The number of nitrogens with one attached hydrogen (secondary N) is 3. The Bertz CT molecular complexity index is 262. The van der Waals surface area contributed by atoms with Crippen molar-refractivity contribution in [1.29, 1.82) is 0 Å². The van der Waals surface area contributed by atoms with Crippen molar-refractivity contribution in [1.82, 2.24) is 20.9 Å². The molecule has 0 aromatic heterocycles. The summed E-state index contributed by atoms with van der Waals surface area (Å²) < 4.78 is 0. The van der Waals surface area contributed by atoms with Crippen molar-refractivity contribution in [3.05, 3.63) is 0 Å². The molecule has 0 saturated carbocycles. The second kappa shape index (κ2) is 7.24. The average Bonchev–Trinajstić information content (AvgIpc) is 2.56.